The second-order valence-electron chi connectivity index (χ2n) is 3.49. The molecule has 0 saturated heterocycles. The number of pyridine rings is 1. The van der Waals surface area contributed by atoms with E-state index >= 15 is 0 Å². The van der Waals surface area contributed by atoms with Gasteiger partial charge in [-0.05, 0) is 20.8 Å². The molecule has 0 fully saturated rings. The van der Waals surface area contributed by atoms with E-state index in [1.807, 2.05) is 0 Å². The van der Waals surface area contributed by atoms with E-state index in [9.17, 15) is 14.9 Å². The summed E-state index contributed by atoms with van der Waals surface area (Å²) in [7, 11) is 0. The number of hydrogen-bond acceptors (Lipinski definition) is 4. The third-order valence-electron chi connectivity index (χ3n) is 2.35. The molecule has 1 rings (SSSR count). The van der Waals surface area contributed by atoms with Crippen LogP contribution < -0.4 is 0 Å². The van der Waals surface area contributed by atoms with Crippen LogP contribution in [0.5, 0.6) is 0 Å². The maximum Gasteiger partial charge on any atom is 0.275 e. The topological polar surface area (TPSA) is 73.1 Å². The quantitative estimate of drug-likeness (QED) is 0.562. The molecule has 15 heavy (non-hydrogen) atoms. The Morgan fingerprint density at radius 3 is 2.67 bits per heavy atom. The van der Waals surface area contributed by atoms with Gasteiger partial charge in [0, 0.05) is 17.8 Å². The molecule has 1 aromatic rings. The number of hydrogen-bond donors (Lipinski definition) is 0. The molecule has 1 atom stereocenters. The highest BCUT2D eigenvalue weighted by Crippen LogP contribution is 2.22. The van der Waals surface area contributed by atoms with Gasteiger partial charge in [-0.15, -0.1) is 0 Å². The van der Waals surface area contributed by atoms with Crippen molar-refractivity contribution in [1.29, 1.82) is 0 Å². The van der Waals surface area contributed by atoms with Crippen LogP contribution in [0.2, 0.25) is 0 Å². The molecular formula is C10H12N2O3. The lowest BCUT2D eigenvalue weighted by molar-refractivity contribution is -0.385. The molecule has 0 aliphatic carbocycles. The molecule has 0 spiro atoms. The fourth-order valence-electron chi connectivity index (χ4n) is 1.17. The fraction of sp³-hybridized carbons (Fsp3) is 0.400. The van der Waals surface area contributed by atoms with Crippen LogP contribution >= 0.6 is 0 Å². The van der Waals surface area contributed by atoms with Crippen molar-refractivity contribution < 1.29 is 9.72 Å². The molecule has 5 nitrogen and oxygen atoms in total. The minimum atomic E-state index is -0.465. The minimum Gasteiger partial charge on any atom is -0.299 e. The van der Waals surface area contributed by atoms with E-state index in [2.05, 4.69) is 4.98 Å². The van der Waals surface area contributed by atoms with Gasteiger partial charge in [-0.2, -0.15) is 0 Å². The summed E-state index contributed by atoms with van der Waals surface area (Å²) < 4.78 is 0. The highest BCUT2D eigenvalue weighted by Gasteiger charge is 2.17. The van der Waals surface area contributed by atoms with Crippen molar-refractivity contribution >= 4 is 11.5 Å². The van der Waals surface area contributed by atoms with Gasteiger partial charge in [0.2, 0.25) is 0 Å². The largest absolute Gasteiger partial charge is 0.299 e. The van der Waals surface area contributed by atoms with E-state index in [1.54, 1.807) is 13.8 Å². The minimum absolute atomic E-state index is 0.00750. The molecule has 5 heteroatoms. The van der Waals surface area contributed by atoms with Crippen LogP contribution in [0.15, 0.2) is 12.3 Å². The SMILES string of the molecule is CC(=O)C(C)c1cc([N+](=O)[O-])c(C)cn1. The number of Topliss-reactive ketones (excluding diaryl/α,β-unsaturated/α-hetero) is 1. The molecule has 0 aliphatic heterocycles. The van der Waals surface area contributed by atoms with Gasteiger partial charge in [0.15, 0.2) is 0 Å². The zero-order chi connectivity index (χ0) is 11.6. The van der Waals surface area contributed by atoms with Crippen molar-refractivity contribution in [3.63, 3.8) is 0 Å². The molecular weight excluding hydrogens is 196 g/mol. The zero-order valence-electron chi connectivity index (χ0n) is 8.85. The maximum atomic E-state index is 11.1. The summed E-state index contributed by atoms with van der Waals surface area (Å²) in [5.41, 5.74) is 0.951. The first-order valence-electron chi connectivity index (χ1n) is 4.55. The number of rotatable bonds is 3. The maximum absolute atomic E-state index is 11.1. The number of aryl methyl sites for hydroxylation is 1. The summed E-state index contributed by atoms with van der Waals surface area (Å²) in [6.45, 7) is 4.75. The summed E-state index contributed by atoms with van der Waals surface area (Å²) >= 11 is 0. The van der Waals surface area contributed by atoms with Crippen molar-refractivity contribution in [3.05, 3.63) is 33.6 Å². The van der Waals surface area contributed by atoms with E-state index in [0.29, 0.717) is 11.3 Å². The fourth-order valence-corrected chi connectivity index (χ4v) is 1.17. The monoisotopic (exact) mass is 208 g/mol. The molecule has 1 unspecified atom stereocenters. The molecule has 1 aromatic heterocycles. The molecule has 80 valence electrons. The lowest BCUT2D eigenvalue weighted by Gasteiger charge is -2.06. The third kappa shape index (κ3) is 2.37. The molecule has 0 amide bonds. The molecule has 1 heterocycles. The summed E-state index contributed by atoms with van der Waals surface area (Å²) in [6, 6.07) is 1.36. The zero-order valence-corrected chi connectivity index (χ0v) is 8.85. The van der Waals surface area contributed by atoms with Gasteiger partial charge in [-0.1, -0.05) is 0 Å². The van der Waals surface area contributed by atoms with Crippen molar-refractivity contribution in [2.24, 2.45) is 0 Å². The van der Waals surface area contributed by atoms with E-state index in [1.165, 1.54) is 19.2 Å². The lowest BCUT2D eigenvalue weighted by Crippen LogP contribution is -2.07. The average molecular weight is 208 g/mol. The van der Waals surface area contributed by atoms with Crippen LogP contribution in [0, 0.1) is 17.0 Å². The Kier molecular flexibility index (Phi) is 3.14. The van der Waals surface area contributed by atoms with Gasteiger partial charge in [0.05, 0.1) is 16.5 Å². The third-order valence-corrected chi connectivity index (χ3v) is 2.35. The molecule has 0 N–H and O–H groups in total. The van der Waals surface area contributed by atoms with Crippen molar-refractivity contribution in [2.75, 3.05) is 0 Å². The highest BCUT2D eigenvalue weighted by atomic mass is 16.6. The van der Waals surface area contributed by atoms with Crippen LogP contribution in [0.1, 0.15) is 31.0 Å². The Morgan fingerprint density at radius 2 is 2.20 bits per heavy atom. The van der Waals surface area contributed by atoms with Gasteiger partial charge in [0.25, 0.3) is 5.69 Å². The smallest absolute Gasteiger partial charge is 0.275 e. The summed E-state index contributed by atoms with van der Waals surface area (Å²) in [5.74, 6) is -0.454. The standard InChI is InChI=1S/C10H12N2O3/c1-6-5-11-9(7(2)8(3)13)4-10(6)12(14)15/h4-5,7H,1-3H3. The van der Waals surface area contributed by atoms with Crippen LogP contribution in [-0.4, -0.2) is 15.7 Å². The number of carbonyl (C=O) groups excluding carboxylic acids is 1. The van der Waals surface area contributed by atoms with Gasteiger partial charge in [0.1, 0.15) is 5.78 Å². The van der Waals surface area contributed by atoms with Crippen LogP contribution in [-0.2, 0) is 4.79 Å². The van der Waals surface area contributed by atoms with Gasteiger partial charge in [-0.3, -0.25) is 19.9 Å². The first kappa shape index (κ1) is 11.3. The number of ketones is 1. The summed E-state index contributed by atoms with van der Waals surface area (Å²) in [4.78, 5) is 25.3. The second kappa shape index (κ2) is 4.16. The van der Waals surface area contributed by atoms with Crippen molar-refractivity contribution in [2.45, 2.75) is 26.7 Å². The first-order chi connectivity index (χ1) is 6.93. The molecule has 0 saturated carbocycles. The average Bonchev–Trinajstić information content (AvgIpc) is 2.16. The van der Waals surface area contributed by atoms with E-state index in [-0.39, 0.29) is 11.5 Å². The predicted molar refractivity (Wildman–Crippen MR) is 54.7 cm³/mol. The van der Waals surface area contributed by atoms with Gasteiger partial charge < -0.3 is 0 Å². The number of carbonyl (C=O) groups is 1. The Hall–Kier alpha value is -1.78. The Labute approximate surface area is 87.3 Å². The van der Waals surface area contributed by atoms with Crippen molar-refractivity contribution in [3.8, 4) is 0 Å². The second-order valence-corrected chi connectivity index (χ2v) is 3.49. The van der Waals surface area contributed by atoms with Gasteiger partial charge >= 0.3 is 0 Å². The van der Waals surface area contributed by atoms with Crippen LogP contribution in [0.3, 0.4) is 0 Å². The van der Waals surface area contributed by atoms with E-state index in [4.69, 9.17) is 0 Å². The Bertz CT molecular complexity index is 415. The van der Waals surface area contributed by atoms with E-state index in [0.717, 1.165) is 0 Å². The first-order valence-corrected chi connectivity index (χ1v) is 4.55. The van der Waals surface area contributed by atoms with Crippen LogP contribution in [0.4, 0.5) is 5.69 Å². The predicted octanol–water partition coefficient (Wildman–Crippen LogP) is 1.99. The Morgan fingerprint density at radius 1 is 1.60 bits per heavy atom. The summed E-state index contributed by atoms with van der Waals surface area (Å²) in [5, 5.41) is 10.7. The van der Waals surface area contributed by atoms with Crippen LogP contribution in [0.25, 0.3) is 0 Å². The van der Waals surface area contributed by atoms with E-state index < -0.39 is 10.8 Å². The number of aromatic nitrogens is 1. The Balaban J connectivity index is 3.18. The number of nitro groups is 1. The van der Waals surface area contributed by atoms with Gasteiger partial charge in [-0.25, -0.2) is 0 Å². The lowest BCUT2D eigenvalue weighted by atomic mass is 10.0. The summed E-state index contributed by atoms with van der Waals surface area (Å²) in [6.07, 6.45) is 1.42. The normalized spacial score (nSPS) is 12.2. The molecule has 0 aliphatic rings. The molecule has 0 aromatic carbocycles. The molecule has 0 bridgehead atoms. The van der Waals surface area contributed by atoms with Crippen molar-refractivity contribution in [1.82, 2.24) is 4.98 Å². The molecule has 0 radical (unpaired) electrons. The highest BCUT2D eigenvalue weighted by molar-refractivity contribution is 5.82. The number of nitrogens with zero attached hydrogens (tertiary/aromatic N) is 2.